The third-order valence-corrected chi connectivity index (χ3v) is 4.15. The zero-order valence-electron chi connectivity index (χ0n) is 13.8. The van der Waals surface area contributed by atoms with Crippen LogP contribution in [0, 0.1) is 11.3 Å². The molecule has 0 saturated heterocycles. The Morgan fingerprint density at radius 2 is 2.24 bits per heavy atom. The molecule has 0 heterocycles. The lowest BCUT2D eigenvalue weighted by molar-refractivity contribution is -0.141. The Balaban J connectivity index is 2.55. The van der Waals surface area contributed by atoms with Crippen molar-refractivity contribution in [2.75, 3.05) is 18.6 Å². The van der Waals surface area contributed by atoms with E-state index >= 15 is 0 Å². The lowest BCUT2D eigenvalue weighted by Gasteiger charge is -2.13. The van der Waals surface area contributed by atoms with E-state index in [-0.39, 0.29) is 5.57 Å². The Morgan fingerprint density at radius 1 is 1.48 bits per heavy atom. The molecule has 0 aromatic heterocycles. The first-order valence-corrected chi connectivity index (χ1v) is 9.35. The Hall–Kier alpha value is -2.17. The van der Waals surface area contributed by atoms with Gasteiger partial charge in [0, 0.05) is 17.8 Å². The van der Waals surface area contributed by atoms with Crippen molar-refractivity contribution >= 4 is 35.2 Å². The van der Waals surface area contributed by atoms with Crippen molar-refractivity contribution in [2.45, 2.75) is 18.9 Å². The number of nitriles is 1. The highest BCUT2D eigenvalue weighted by molar-refractivity contribution is 7.98. The van der Waals surface area contributed by atoms with Gasteiger partial charge in [-0.15, -0.1) is 0 Å². The molecular formula is C17H20ClN3O3S. The van der Waals surface area contributed by atoms with Gasteiger partial charge in [0.05, 0.1) is 0 Å². The molecule has 6 nitrogen and oxygen atoms in total. The zero-order valence-corrected chi connectivity index (χ0v) is 15.4. The molecule has 0 aliphatic rings. The number of benzene rings is 1. The summed E-state index contributed by atoms with van der Waals surface area (Å²) in [5.41, 5.74) is 0.862. The summed E-state index contributed by atoms with van der Waals surface area (Å²) in [6, 6.07) is 8.17. The second-order valence-corrected chi connectivity index (χ2v) is 6.57. The fraction of sp³-hybridized carbons (Fsp3) is 0.353. The normalized spacial score (nSPS) is 12.1. The number of nitrogens with zero attached hydrogens (tertiary/aromatic N) is 1. The summed E-state index contributed by atoms with van der Waals surface area (Å²) in [6.45, 7) is 0.508. The van der Waals surface area contributed by atoms with E-state index in [1.165, 1.54) is 18.0 Å². The number of carbonyl (C=O) groups is 2. The van der Waals surface area contributed by atoms with Crippen molar-refractivity contribution in [1.82, 2.24) is 10.6 Å². The standard InChI is InChI=1S/C17H20ClN3O3S/c1-25-8-6-15(17(23)24)21-16(22)13(10-19)11-20-7-5-12-3-2-4-14(18)9-12/h2-4,9,11,15,20H,5-8H2,1H3,(H,21,22)(H,23,24)/b13-11-. The van der Waals surface area contributed by atoms with Crippen LogP contribution in [0.3, 0.4) is 0 Å². The lowest BCUT2D eigenvalue weighted by Crippen LogP contribution is -2.41. The number of carboxylic acids is 1. The molecule has 1 aromatic carbocycles. The molecule has 0 radical (unpaired) electrons. The summed E-state index contributed by atoms with van der Waals surface area (Å²) in [5.74, 6) is -1.22. The van der Waals surface area contributed by atoms with Gasteiger partial charge < -0.3 is 15.7 Å². The number of carbonyl (C=O) groups excluding carboxylic acids is 1. The fourth-order valence-electron chi connectivity index (χ4n) is 1.96. The SMILES string of the molecule is CSCCC(NC(=O)/C(C#N)=C\NCCc1cccc(Cl)c1)C(=O)O. The maximum atomic E-state index is 12.0. The smallest absolute Gasteiger partial charge is 0.326 e. The summed E-state index contributed by atoms with van der Waals surface area (Å²) >= 11 is 7.39. The molecule has 0 bridgehead atoms. The first-order chi connectivity index (χ1) is 12.0. The second kappa shape index (κ2) is 11.4. The molecule has 8 heteroatoms. The van der Waals surface area contributed by atoms with Crippen molar-refractivity contribution in [3.8, 4) is 6.07 Å². The Morgan fingerprint density at radius 3 is 2.84 bits per heavy atom. The van der Waals surface area contributed by atoms with Crippen LogP contribution >= 0.6 is 23.4 Å². The summed E-state index contributed by atoms with van der Waals surface area (Å²) in [4.78, 5) is 23.2. The van der Waals surface area contributed by atoms with Gasteiger partial charge in [-0.2, -0.15) is 17.0 Å². The van der Waals surface area contributed by atoms with E-state index in [1.54, 1.807) is 12.1 Å². The van der Waals surface area contributed by atoms with E-state index in [0.717, 1.165) is 5.56 Å². The number of halogens is 1. The number of carboxylic acid groups (broad SMARTS) is 1. The van der Waals surface area contributed by atoms with Crippen molar-refractivity contribution < 1.29 is 14.7 Å². The highest BCUT2D eigenvalue weighted by Crippen LogP contribution is 2.10. The molecule has 1 atom stereocenters. The number of hydrogen-bond donors (Lipinski definition) is 3. The molecule has 0 aliphatic heterocycles. The van der Waals surface area contributed by atoms with Crippen molar-refractivity contribution in [3.63, 3.8) is 0 Å². The van der Waals surface area contributed by atoms with E-state index in [2.05, 4.69) is 10.6 Å². The van der Waals surface area contributed by atoms with Gasteiger partial charge in [-0.3, -0.25) is 4.79 Å². The number of aliphatic carboxylic acids is 1. The van der Waals surface area contributed by atoms with Crippen LogP contribution in [0.25, 0.3) is 0 Å². The van der Waals surface area contributed by atoms with Gasteiger partial charge in [-0.25, -0.2) is 4.79 Å². The summed E-state index contributed by atoms with van der Waals surface area (Å²) in [5, 5.41) is 24.1. The van der Waals surface area contributed by atoms with E-state index < -0.39 is 17.9 Å². The second-order valence-electron chi connectivity index (χ2n) is 5.15. The molecule has 0 aliphatic carbocycles. The van der Waals surface area contributed by atoms with Crippen LogP contribution in [0.4, 0.5) is 0 Å². The third-order valence-electron chi connectivity index (χ3n) is 3.27. The van der Waals surface area contributed by atoms with Crippen LogP contribution < -0.4 is 10.6 Å². The Kier molecular flexibility index (Phi) is 9.51. The van der Waals surface area contributed by atoms with Gasteiger partial charge in [-0.1, -0.05) is 23.7 Å². The van der Waals surface area contributed by atoms with Gasteiger partial charge >= 0.3 is 5.97 Å². The molecular weight excluding hydrogens is 362 g/mol. The Bertz CT molecular complexity index is 673. The van der Waals surface area contributed by atoms with Crippen molar-refractivity contribution in [3.05, 3.63) is 46.6 Å². The zero-order chi connectivity index (χ0) is 18.7. The summed E-state index contributed by atoms with van der Waals surface area (Å²) in [6.07, 6.45) is 4.12. The minimum atomic E-state index is -1.12. The predicted molar refractivity (Wildman–Crippen MR) is 99.4 cm³/mol. The number of amides is 1. The molecule has 25 heavy (non-hydrogen) atoms. The van der Waals surface area contributed by atoms with Crippen molar-refractivity contribution in [1.29, 1.82) is 5.26 Å². The first kappa shape index (κ1) is 20.9. The van der Waals surface area contributed by atoms with E-state index in [1.807, 2.05) is 24.5 Å². The molecule has 1 amide bonds. The number of nitrogens with one attached hydrogen (secondary N) is 2. The van der Waals surface area contributed by atoms with Gasteiger partial charge in [-0.05, 0) is 42.5 Å². The highest BCUT2D eigenvalue weighted by atomic mass is 35.5. The minimum Gasteiger partial charge on any atom is -0.480 e. The van der Waals surface area contributed by atoms with Crippen LogP contribution in [-0.4, -0.2) is 41.6 Å². The molecule has 0 saturated carbocycles. The predicted octanol–water partition coefficient (Wildman–Crippen LogP) is 2.20. The maximum absolute atomic E-state index is 12.0. The number of hydrogen-bond acceptors (Lipinski definition) is 5. The van der Waals surface area contributed by atoms with Crippen LogP contribution in [0.2, 0.25) is 5.02 Å². The Labute approximate surface area is 156 Å². The van der Waals surface area contributed by atoms with Crippen LogP contribution in [0.1, 0.15) is 12.0 Å². The average Bonchev–Trinajstić information content (AvgIpc) is 2.58. The average molecular weight is 382 g/mol. The van der Waals surface area contributed by atoms with Crippen LogP contribution in [0.5, 0.6) is 0 Å². The summed E-state index contributed by atoms with van der Waals surface area (Å²) in [7, 11) is 0. The quantitative estimate of drug-likeness (QED) is 0.326. The van der Waals surface area contributed by atoms with E-state index in [9.17, 15) is 9.59 Å². The topological polar surface area (TPSA) is 102 Å². The van der Waals surface area contributed by atoms with E-state index in [0.29, 0.717) is 30.2 Å². The molecule has 1 unspecified atom stereocenters. The van der Waals surface area contributed by atoms with Gasteiger partial charge in [0.1, 0.15) is 17.7 Å². The first-order valence-electron chi connectivity index (χ1n) is 7.58. The molecule has 1 rings (SSSR count). The molecule has 3 N–H and O–H groups in total. The molecule has 0 spiro atoms. The molecule has 134 valence electrons. The third kappa shape index (κ3) is 7.96. The van der Waals surface area contributed by atoms with Gasteiger partial charge in [0.2, 0.25) is 0 Å². The summed E-state index contributed by atoms with van der Waals surface area (Å²) < 4.78 is 0. The number of rotatable bonds is 10. The minimum absolute atomic E-state index is 0.165. The maximum Gasteiger partial charge on any atom is 0.326 e. The highest BCUT2D eigenvalue weighted by Gasteiger charge is 2.21. The number of thioether (sulfide) groups is 1. The molecule has 1 aromatic rings. The largest absolute Gasteiger partial charge is 0.480 e. The monoisotopic (exact) mass is 381 g/mol. The van der Waals surface area contributed by atoms with Gasteiger partial charge in [0.25, 0.3) is 5.91 Å². The molecule has 0 fully saturated rings. The fourth-order valence-corrected chi connectivity index (χ4v) is 2.65. The lowest BCUT2D eigenvalue weighted by atomic mass is 10.1. The van der Waals surface area contributed by atoms with E-state index in [4.69, 9.17) is 22.0 Å². The van der Waals surface area contributed by atoms with Crippen molar-refractivity contribution in [2.24, 2.45) is 0 Å². The van der Waals surface area contributed by atoms with Gasteiger partial charge in [0.15, 0.2) is 0 Å². The van der Waals surface area contributed by atoms with Crippen LogP contribution in [-0.2, 0) is 16.0 Å². The van der Waals surface area contributed by atoms with Crippen LogP contribution in [0.15, 0.2) is 36.0 Å².